The molecule has 0 aliphatic carbocycles. The van der Waals surface area contributed by atoms with Crippen LogP contribution in [0.15, 0.2) is 12.1 Å². The molecule has 1 unspecified atom stereocenters. The van der Waals surface area contributed by atoms with Crippen molar-refractivity contribution in [2.45, 2.75) is 25.4 Å². The van der Waals surface area contributed by atoms with Gasteiger partial charge >= 0.3 is 0 Å². The molecule has 5 nitrogen and oxygen atoms in total. The lowest BCUT2D eigenvalue weighted by Crippen LogP contribution is -2.27. The Morgan fingerprint density at radius 1 is 1.26 bits per heavy atom. The van der Waals surface area contributed by atoms with E-state index >= 15 is 0 Å². The van der Waals surface area contributed by atoms with Gasteiger partial charge in [0.15, 0.2) is 11.5 Å². The molecule has 1 aliphatic heterocycles. The minimum absolute atomic E-state index is 0.265. The van der Waals surface area contributed by atoms with Crippen LogP contribution in [-0.2, 0) is 4.74 Å². The quantitative estimate of drug-likeness (QED) is 0.800. The Morgan fingerprint density at radius 2 is 2.00 bits per heavy atom. The van der Waals surface area contributed by atoms with Gasteiger partial charge in [-0.1, -0.05) is 0 Å². The number of rotatable bonds is 5. The van der Waals surface area contributed by atoms with Crippen molar-refractivity contribution in [1.29, 1.82) is 0 Å². The van der Waals surface area contributed by atoms with Crippen LogP contribution in [0.2, 0.25) is 0 Å². The van der Waals surface area contributed by atoms with Gasteiger partial charge in [0.1, 0.15) is 0 Å². The summed E-state index contributed by atoms with van der Waals surface area (Å²) in [5, 5.41) is 3.32. The second kappa shape index (κ2) is 6.52. The zero-order chi connectivity index (χ0) is 13.7. The fourth-order valence-corrected chi connectivity index (χ4v) is 2.24. The zero-order valence-corrected chi connectivity index (χ0v) is 11.6. The molecule has 19 heavy (non-hydrogen) atoms. The largest absolute Gasteiger partial charge is 0.493 e. The highest BCUT2D eigenvalue weighted by atomic mass is 16.5. The van der Waals surface area contributed by atoms with E-state index in [9.17, 15) is 0 Å². The van der Waals surface area contributed by atoms with Gasteiger partial charge in [-0.3, -0.25) is 0 Å². The van der Waals surface area contributed by atoms with Crippen LogP contribution >= 0.6 is 0 Å². The van der Waals surface area contributed by atoms with Crippen LogP contribution in [0.25, 0.3) is 0 Å². The Balaban J connectivity index is 2.02. The van der Waals surface area contributed by atoms with Crippen molar-refractivity contribution >= 4 is 11.4 Å². The average Bonchev–Trinajstić information content (AvgIpc) is 2.46. The Morgan fingerprint density at radius 3 is 2.63 bits per heavy atom. The Kier molecular flexibility index (Phi) is 4.74. The van der Waals surface area contributed by atoms with Gasteiger partial charge in [-0.15, -0.1) is 0 Å². The van der Waals surface area contributed by atoms with Gasteiger partial charge in [0.25, 0.3) is 0 Å². The molecule has 2 rings (SSSR count). The minimum Gasteiger partial charge on any atom is -0.493 e. The van der Waals surface area contributed by atoms with Crippen molar-refractivity contribution in [2.75, 3.05) is 38.4 Å². The van der Waals surface area contributed by atoms with E-state index in [-0.39, 0.29) is 6.10 Å². The third kappa shape index (κ3) is 3.44. The smallest absolute Gasteiger partial charge is 0.162 e. The lowest BCUT2D eigenvalue weighted by atomic mass is 10.1. The summed E-state index contributed by atoms with van der Waals surface area (Å²) in [6.07, 6.45) is 3.75. The second-order valence-corrected chi connectivity index (χ2v) is 4.66. The maximum Gasteiger partial charge on any atom is 0.162 e. The number of benzene rings is 1. The number of ether oxygens (including phenoxy) is 3. The topological polar surface area (TPSA) is 65.7 Å². The Bertz CT molecular complexity index is 417. The van der Waals surface area contributed by atoms with E-state index < -0.39 is 0 Å². The zero-order valence-electron chi connectivity index (χ0n) is 11.6. The highest BCUT2D eigenvalue weighted by Gasteiger charge is 2.15. The van der Waals surface area contributed by atoms with Crippen LogP contribution in [0.5, 0.6) is 11.5 Å². The predicted octanol–water partition coefficient (Wildman–Crippen LogP) is 2.27. The molecule has 1 heterocycles. The normalized spacial score (nSPS) is 18.9. The lowest BCUT2D eigenvalue weighted by molar-refractivity contribution is 0.0248. The summed E-state index contributed by atoms with van der Waals surface area (Å²) in [4.78, 5) is 0. The van der Waals surface area contributed by atoms with Crippen LogP contribution in [0.1, 0.15) is 19.3 Å². The minimum atomic E-state index is 0.265. The number of hydrogen-bond acceptors (Lipinski definition) is 5. The molecule has 0 amide bonds. The van der Waals surface area contributed by atoms with E-state index in [0.717, 1.165) is 31.7 Å². The Labute approximate surface area is 114 Å². The van der Waals surface area contributed by atoms with E-state index in [2.05, 4.69) is 5.32 Å². The summed E-state index contributed by atoms with van der Waals surface area (Å²) in [6.45, 7) is 1.62. The van der Waals surface area contributed by atoms with Gasteiger partial charge in [-0.2, -0.15) is 0 Å². The van der Waals surface area contributed by atoms with E-state index in [1.54, 1.807) is 20.3 Å². The first-order valence-electron chi connectivity index (χ1n) is 6.61. The van der Waals surface area contributed by atoms with Gasteiger partial charge in [0, 0.05) is 25.3 Å². The molecule has 1 saturated heterocycles. The SMILES string of the molecule is COc1cc(N)c(NCC2CCCCO2)cc1OC. The van der Waals surface area contributed by atoms with Crippen molar-refractivity contribution in [2.24, 2.45) is 0 Å². The highest BCUT2D eigenvalue weighted by molar-refractivity contribution is 5.72. The summed E-state index contributed by atoms with van der Waals surface area (Å²) < 4.78 is 16.2. The number of nitrogen functional groups attached to an aromatic ring is 1. The molecule has 0 aromatic heterocycles. The Hall–Kier alpha value is -1.62. The van der Waals surface area contributed by atoms with Crippen LogP contribution in [-0.4, -0.2) is 33.5 Å². The van der Waals surface area contributed by atoms with Gasteiger partial charge in [0.2, 0.25) is 0 Å². The van der Waals surface area contributed by atoms with Crippen molar-refractivity contribution in [3.8, 4) is 11.5 Å². The molecule has 0 radical (unpaired) electrons. The molecule has 1 aromatic carbocycles. The molecule has 0 bridgehead atoms. The maximum atomic E-state index is 6.00. The van der Waals surface area contributed by atoms with Gasteiger partial charge in [-0.05, 0) is 19.3 Å². The molecule has 1 fully saturated rings. The number of nitrogens with one attached hydrogen (secondary N) is 1. The van der Waals surface area contributed by atoms with Gasteiger partial charge in [-0.25, -0.2) is 0 Å². The van der Waals surface area contributed by atoms with Crippen molar-refractivity contribution in [1.82, 2.24) is 0 Å². The molecule has 1 aliphatic rings. The molecule has 0 spiro atoms. The third-order valence-electron chi connectivity index (χ3n) is 3.35. The third-order valence-corrected chi connectivity index (χ3v) is 3.35. The average molecular weight is 266 g/mol. The van der Waals surface area contributed by atoms with Crippen LogP contribution in [0.4, 0.5) is 11.4 Å². The van der Waals surface area contributed by atoms with Crippen LogP contribution in [0.3, 0.4) is 0 Å². The highest BCUT2D eigenvalue weighted by Crippen LogP contribution is 2.34. The lowest BCUT2D eigenvalue weighted by Gasteiger charge is -2.23. The van der Waals surface area contributed by atoms with Crippen LogP contribution < -0.4 is 20.5 Å². The van der Waals surface area contributed by atoms with Gasteiger partial charge < -0.3 is 25.3 Å². The first-order valence-corrected chi connectivity index (χ1v) is 6.61. The van der Waals surface area contributed by atoms with E-state index in [4.69, 9.17) is 19.9 Å². The van der Waals surface area contributed by atoms with Crippen molar-refractivity contribution < 1.29 is 14.2 Å². The van der Waals surface area contributed by atoms with Gasteiger partial charge in [0.05, 0.1) is 31.7 Å². The second-order valence-electron chi connectivity index (χ2n) is 4.66. The molecule has 106 valence electrons. The number of nitrogens with two attached hydrogens (primary N) is 1. The summed E-state index contributed by atoms with van der Waals surface area (Å²) in [5.74, 6) is 1.31. The first kappa shape index (κ1) is 13.8. The molecule has 1 aromatic rings. The molecule has 1 atom stereocenters. The number of methoxy groups -OCH3 is 2. The molecular formula is C14H22N2O3. The molecule has 0 saturated carbocycles. The first-order chi connectivity index (χ1) is 9.24. The maximum absolute atomic E-state index is 6.00. The fourth-order valence-electron chi connectivity index (χ4n) is 2.24. The fraction of sp³-hybridized carbons (Fsp3) is 0.571. The van der Waals surface area contributed by atoms with E-state index in [0.29, 0.717) is 17.2 Å². The van der Waals surface area contributed by atoms with E-state index in [1.165, 1.54) is 6.42 Å². The molecule has 3 N–H and O–H groups in total. The summed E-state index contributed by atoms with van der Waals surface area (Å²) in [5.41, 5.74) is 7.50. The number of hydrogen-bond donors (Lipinski definition) is 2. The number of anilines is 2. The van der Waals surface area contributed by atoms with E-state index in [1.807, 2.05) is 6.07 Å². The predicted molar refractivity (Wildman–Crippen MR) is 76.0 cm³/mol. The van der Waals surface area contributed by atoms with Crippen molar-refractivity contribution in [3.05, 3.63) is 12.1 Å². The standard InChI is InChI=1S/C14H22N2O3/c1-17-13-7-11(15)12(8-14(13)18-2)16-9-10-5-3-4-6-19-10/h7-8,10,16H,3-6,9,15H2,1-2H3. The summed E-state index contributed by atoms with van der Waals surface area (Å²) in [7, 11) is 3.21. The summed E-state index contributed by atoms with van der Waals surface area (Å²) >= 11 is 0. The molecule has 5 heteroatoms. The van der Waals surface area contributed by atoms with Crippen molar-refractivity contribution in [3.63, 3.8) is 0 Å². The van der Waals surface area contributed by atoms with Crippen LogP contribution in [0, 0.1) is 0 Å². The summed E-state index contributed by atoms with van der Waals surface area (Å²) in [6, 6.07) is 3.62. The molecular weight excluding hydrogens is 244 g/mol. The monoisotopic (exact) mass is 266 g/mol.